The number of aliphatic hydroxyl groups is 1. The monoisotopic (exact) mass is 204 g/mol. The van der Waals surface area contributed by atoms with Crippen LogP contribution in [0.2, 0.25) is 0 Å². The van der Waals surface area contributed by atoms with Crippen molar-refractivity contribution in [2.24, 2.45) is 0 Å². The van der Waals surface area contributed by atoms with E-state index in [9.17, 15) is 0 Å². The summed E-state index contributed by atoms with van der Waals surface area (Å²) in [5.74, 6) is 0. The number of hydrazine groups is 1. The quantitative estimate of drug-likeness (QED) is 0.810. The second kappa shape index (κ2) is 4.36. The van der Waals surface area contributed by atoms with Crippen molar-refractivity contribution >= 4 is 5.69 Å². The molecule has 0 saturated heterocycles. The summed E-state index contributed by atoms with van der Waals surface area (Å²) in [5, 5.41) is 13.2. The second-order valence-corrected chi connectivity index (χ2v) is 3.65. The van der Waals surface area contributed by atoms with E-state index in [1.54, 1.807) is 0 Å². The predicted octanol–water partition coefficient (Wildman–Crippen LogP) is 1.62. The summed E-state index contributed by atoms with van der Waals surface area (Å²) < 4.78 is 0. The number of nitrogens with zero attached hydrogens (tertiary/aromatic N) is 2. The predicted molar refractivity (Wildman–Crippen MR) is 61.3 cm³/mol. The Kier molecular flexibility index (Phi) is 2.92. The Labute approximate surface area is 90.2 Å². The number of anilines is 1. The number of rotatable bonds is 3. The molecule has 1 heterocycles. The van der Waals surface area contributed by atoms with Crippen molar-refractivity contribution in [2.45, 2.75) is 13.0 Å². The highest BCUT2D eigenvalue weighted by molar-refractivity contribution is 5.48. The molecule has 1 aliphatic rings. The molecule has 0 amide bonds. The number of para-hydroxylation sites is 1. The first-order chi connectivity index (χ1) is 7.33. The molecule has 0 fully saturated rings. The molecule has 1 N–H and O–H groups in total. The number of hydrogen-bond donors (Lipinski definition) is 1. The van der Waals surface area contributed by atoms with Gasteiger partial charge in [0.25, 0.3) is 0 Å². The SMILES string of the molecule is CC1C=CN(CCO)N1c1ccccc1. The minimum absolute atomic E-state index is 0.167. The first kappa shape index (κ1) is 10.1. The Morgan fingerprint density at radius 2 is 2.00 bits per heavy atom. The van der Waals surface area contributed by atoms with Gasteiger partial charge in [-0.05, 0) is 25.1 Å². The van der Waals surface area contributed by atoms with Crippen LogP contribution in [0.15, 0.2) is 42.6 Å². The molecular formula is C12H16N2O. The largest absolute Gasteiger partial charge is 0.394 e. The number of benzene rings is 1. The van der Waals surface area contributed by atoms with E-state index in [0.29, 0.717) is 12.6 Å². The third-order valence-corrected chi connectivity index (χ3v) is 2.55. The first-order valence-corrected chi connectivity index (χ1v) is 5.23. The number of aliphatic hydroxyl groups excluding tert-OH is 1. The molecule has 0 spiro atoms. The minimum atomic E-state index is 0.167. The van der Waals surface area contributed by atoms with Gasteiger partial charge < -0.3 is 5.11 Å². The summed E-state index contributed by atoms with van der Waals surface area (Å²) >= 11 is 0. The summed E-state index contributed by atoms with van der Waals surface area (Å²) in [7, 11) is 0. The van der Waals surface area contributed by atoms with E-state index in [2.05, 4.69) is 30.1 Å². The second-order valence-electron chi connectivity index (χ2n) is 3.65. The van der Waals surface area contributed by atoms with Gasteiger partial charge in [-0.3, -0.25) is 10.0 Å². The van der Waals surface area contributed by atoms with Gasteiger partial charge in [-0.2, -0.15) is 0 Å². The molecular weight excluding hydrogens is 188 g/mol. The van der Waals surface area contributed by atoms with Crippen molar-refractivity contribution in [3.63, 3.8) is 0 Å². The lowest BCUT2D eigenvalue weighted by Crippen LogP contribution is -2.41. The molecule has 0 bridgehead atoms. The topological polar surface area (TPSA) is 26.7 Å². The van der Waals surface area contributed by atoms with Gasteiger partial charge >= 0.3 is 0 Å². The normalized spacial score (nSPS) is 20.0. The van der Waals surface area contributed by atoms with Gasteiger partial charge in [0.2, 0.25) is 0 Å². The van der Waals surface area contributed by atoms with Crippen LogP contribution in [-0.2, 0) is 0 Å². The summed E-state index contributed by atoms with van der Waals surface area (Å²) in [5.41, 5.74) is 1.16. The third-order valence-electron chi connectivity index (χ3n) is 2.55. The van der Waals surface area contributed by atoms with Gasteiger partial charge in [0, 0.05) is 6.20 Å². The van der Waals surface area contributed by atoms with Crippen LogP contribution in [0.5, 0.6) is 0 Å². The minimum Gasteiger partial charge on any atom is -0.394 e. The zero-order chi connectivity index (χ0) is 10.7. The molecule has 0 saturated carbocycles. The van der Waals surface area contributed by atoms with Crippen molar-refractivity contribution in [1.29, 1.82) is 0 Å². The van der Waals surface area contributed by atoms with Crippen LogP contribution < -0.4 is 5.01 Å². The van der Waals surface area contributed by atoms with Gasteiger partial charge in [-0.25, -0.2) is 0 Å². The molecule has 1 atom stereocenters. The summed E-state index contributed by atoms with van der Waals surface area (Å²) in [6.45, 7) is 2.94. The van der Waals surface area contributed by atoms with Crippen LogP contribution in [0.4, 0.5) is 5.69 Å². The molecule has 0 radical (unpaired) electrons. The molecule has 3 nitrogen and oxygen atoms in total. The van der Waals surface area contributed by atoms with E-state index in [1.165, 1.54) is 0 Å². The van der Waals surface area contributed by atoms with Crippen molar-refractivity contribution in [3.8, 4) is 0 Å². The van der Waals surface area contributed by atoms with E-state index in [4.69, 9.17) is 5.11 Å². The zero-order valence-electron chi connectivity index (χ0n) is 8.87. The molecule has 0 aliphatic carbocycles. The molecule has 80 valence electrons. The van der Waals surface area contributed by atoms with Crippen LogP contribution in [0, 0.1) is 0 Å². The lowest BCUT2D eigenvalue weighted by molar-refractivity contribution is 0.230. The smallest absolute Gasteiger partial charge is 0.0675 e. The van der Waals surface area contributed by atoms with E-state index in [-0.39, 0.29) is 6.61 Å². The Morgan fingerprint density at radius 3 is 2.67 bits per heavy atom. The highest BCUT2D eigenvalue weighted by atomic mass is 16.3. The lowest BCUT2D eigenvalue weighted by Gasteiger charge is -2.33. The maximum absolute atomic E-state index is 8.98. The molecule has 0 aromatic heterocycles. The van der Waals surface area contributed by atoms with Gasteiger partial charge in [-0.1, -0.05) is 18.2 Å². The van der Waals surface area contributed by atoms with Crippen molar-refractivity contribution in [2.75, 3.05) is 18.2 Å². The summed E-state index contributed by atoms with van der Waals surface area (Å²) in [4.78, 5) is 0. The van der Waals surface area contributed by atoms with Crippen LogP contribution in [0.3, 0.4) is 0 Å². The fourth-order valence-electron chi connectivity index (χ4n) is 1.86. The summed E-state index contributed by atoms with van der Waals surface area (Å²) in [6.07, 6.45) is 4.15. The van der Waals surface area contributed by atoms with Gasteiger partial charge in [0.1, 0.15) is 0 Å². The molecule has 1 aromatic carbocycles. The molecule has 1 aliphatic heterocycles. The van der Waals surface area contributed by atoms with Crippen LogP contribution in [-0.4, -0.2) is 29.3 Å². The van der Waals surface area contributed by atoms with Crippen LogP contribution >= 0.6 is 0 Å². The van der Waals surface area contributed by atoms with Crippen molar-refractivity contribution < 1.29 is 5.11 Å². The highest BCUT2D eigenvalue weighted by Gasteiger charge is 2.22. The van der Waals surface area contributed by atoms with Gasteiger partial charge in [0.15, 0.2) is 0 Å². The zero-order valence-corrected chi connectivity index (χ0v) is 8.87. The standard InChI is InChI=1S/C12H16N2O/c1-11-7-8-13(9-10-15)14(11)12-5-3-2-4-6-12/h2-8,11,15H,9-10H2,1H3. The summed E-state index contributed by atoms with van der Waals surface area (Å²) in [6, 6.07) is 10.6. The Morgan fingerprint density at radius 1 is 1.27 bits per heavy atom. The maximum Gasteiger partial charge on any atom is 0.0675 e. The Balaban J connectivity index is 2.20. The van der Waals surface area contributed by atoms with Crippen LogP contribution in [0.25, 0.3) is 0 Å². The molecule has 2 rings (SSSR count). The molecule has 15 heavy (non-hydrogen) atoms. The van der Waals surface area contributed by atoms with Crippen molar-refractivity contribution in [3.05, 3.63) is 42.6 Å². The van der Waals surface area contributed by atoms with E-state index >= 15 is 0 Å². The van der Waals surface area contributed by atoms with E-state index in [0.717, 1.165) is 5.69 Å². The molecule has 1 aromatic rings. The van der Waals surface area contributed by atoms with Crippen LogP contribution in [0.1, 0.15) is 6.92 Å². The fraction of sp³-hybridized carbons (Fsp3) is 0.333. The molecule has 1 unspecified atom stereocenters. The lowest BCUT2D eigenvalue weighted by atomic mass is 10.2. The fourth-order valence-corrected chi connectivity index (χ4v) is 1.86. The van der Waals surface area contributed by atoms with Crippen molar-refractivity contribution in [1.82, 2.24) is 5.01 Å². The van der Waals surface area contributed by atoms with Gasteiger partial charge in [0.05, 0.1) is 24.9 Å². The Hall–Kier alpha value is -1.48. The number of hydrogen-bond acceptors (Lipinski definition) is 3. The average molecular weight is 204 g/mol. The maximum atomic E-state index is 8.98. The average Bonchev–Trinajstić information content (AvgIpc) is 2.62. The van der Waals surface area contributed by atoms with E-state index in [1.807, 2.05) is 29.4 Å². The molecule has 3 heteroatoms. The van der Waals surface area contributed by atoms with E-state index < -0.39 is 0 Å². The number of β-amino-alcohol motifs (C(OH)–C–C–N with tert-alkyl or cyclic N) is 1. The first-order valence-electron chi connectivity index (χ1n) is 5.23. The van der Waals surface area contributed by atoms with Gasteiger partial charge in [-0.15, -0.1) is 0 Å². The highest BCUT2D eigenvalue weighted by Crippen LogP contribution is 2.23. The third kappa shape index (κ3) is 1.97. The Bertz CT molecular complexity index is 337.